The van der Waals surface area contributed by atoms with Gasteiger partial charge in [0.25, 0.3) is 10.7 Å². The van der Waals surface area contributed by atoms with Crippen LogP contribution in [0.2, 0.25) is 0 Å². The zero-order valence-electron chi connectivity index (χ0n) is 15.8. The van der Waals surface area contributed by atoms with Crippen molar-refractivity contribution in [1.29, 1.82) is 0 Å². The van der Waals surface area contributed by atoms with Crippen LogP contribution in [0.4, 0.5) is 0 Å². The van der Waals surface area contributed by atoms with Gasteiger partial charge in [0, 0.05) is 12.6 Å². The van der Waals surface area contributed by atoms with Gasteiger partial charge in [-0.2, -0.15) is 0 Å². The van der Waals surface area contributed by atoms with Crippen LogP contribution in [0.3, 0.4) is 0 Å². The van der Waals surface area contributed by atoms with Crippen molar-refractivity contribution in [2.45, 2.75) is 57.8 Å². The summed E-state index contributed by atoms with van der Waals surface area (Å²) in [5, 5.41) is 4.54. The van der Waals surface area contributed by atoms with E-state index < -0.39 is 0 Å². The minimum Gasteiger partial charge on any atom is -0.497 e. The molecule has 0 spiro atoms. The fraction of sp³-hybridized carbons (Fsp3) is 0.600. The number of methoxy groups -OCH3 is 1. The van der Waals surface area contributed by atoms with E-state index in [1.807, 2.05) is 24.3 Å². The van der Waals surface area contributed by atoms with E-state index in [4.69, 9.17) is 26.1 Å². The Morgan fingerprint density at radius 3 is 2.67 bits per heavy atom. The smallest absolute Gasteiger partial charge is 0.288 e. The highest BCUT2D eigenvalue weighted by Crippen LogP contribution is 2.35. The molecule has 7 heteroatoms. The first-order valence-electron chi connectivity index (χ1n) is 9.80. The topological polar surface area (TPSA) is 52.7 Å². The highest BCUT2D eigenvalue weighted by molar-refractivity contribution is 7.71. The molecule has 4 rings (SSSR count). The van der Waals surface area contributed by atoms with Gasteiger partial charge in [-0.3, -0.25) is 4.90 Å². The molecule has 2 fully saturated rings. The number of benzene rings is 1. The van der Waals surface area contributed by atoms with E-state index in [0.29, 0.717) is 23.4 Å². The number of hydrogen-bond acceptors (Lipinski definition) is 6. The second kappa shape index (κ2) is 8.44. The first-order valence-corrected chi connectivity index (χ1v) is 10.2. The van der Waals surface area contributed by atoms with E-state index in [9.17, 15) is 0 Å². The van der Waals surface area contributed by atoms with Gasteiger partial charge >= 0.3 is 0 Å². The van der Waals surface area contributed by atoms with Gasteiger partial charge in [-0.25, -0.2) is 4.68 Å². The number of fused-ring (bicyclic) bond motifs is 1. The van der Waals surface area contributed by atoms with Crippen LogP contribution < -0.4 is 9.47 Å². The average Bonchev–Trinajstić information content (AvgIpc) is 3.06. The standard InChI is InChI=1S/C20H27N3O3S/c1-24-16-8-10-17(11-9-16)25-13-19-21-23(20(27)26-19)14-22-12-4-6-15-5-2-3-7-18(15)22/h8-11,15,18H,2-7,12-14H2,1H3. The van der Waals surface area contributed by atoms with Gasteiger partial charge in [-0.15, -0.1) is 5.10 Å². The van der Waals surface area contributed by atoms with Crippen molar-refractivity contribution in [1.82, 2.24) is 14.7 Å². The third-order valence-electron chi connectivity index (χ3n) is 5.74. The molecule has 27 heavy (non-hydrogen) atoms. The maximum absolute atomic E-state index is 5.75. The van der Waals surface area contributed by atoms with Crippen LogP contribution in [0.5, 0.6) is 11.5 Å². The summed E-state index contributed by atoms with van der Waals surface area (Å²) in [6.45, 7) is 2.09. The molecule has 1 saturated heterocycles. The third-order valence-corrected chi connectivity index (χ3v) is 6.04. The summed E-state index contributed by atoms with van der Waals surface area (Å²) in [4.78, 5) is 2.96. The number of piperidine rings is 1. The largest absolute Gasteiger partial charge is 0.497 e. The molecule has 0 N–H and O–H groups in total. The predicted octanol–water partition coefficient (Wildman–Crippen LogP) is 4.41. The first-order chi connectivity index (χ1) is 13.2. The van der Waals surface area contributed by atoms with E-state index in [1.165, 1.54) is 38.5 Å². The molecule has 1 aromatic heterocycles. The molecular formula is C20H27N3O3S. The molecule has 0 radical (unpaired) electrons. The second-order valence-corrected chi connectivity index (χ2v) is 7.78. The van der Waals surface area contributed by atoms with Gasteiger partial charge in [0.05, 0.1) is 13.8 Å². The van der Waals surface area contributed by atoms with Crippen molar-refractivity contribution >= 4 is 12.2 Å². The Labute approximate surface area is 165 Å². The van der Waals surface area contributed by atoms with Crippen molar-refractivity contribution in [3.63, 3.8) is 0 Å². The van der Waals surface area contributed by atoms with Crippen LogP contribution in [0.1, 0.15) is 44.4 Å². The lowest BCUT2D eigenvalue weighted by Crippen LogP contribution is -2.47. The van der Waals surface area contributed by atoms with Gasteiger partial charge < -0.3 is 13.9 Å². The van der Waals surface area contributed by atoms with Crippen molar-refractivity contribution in [2.24, 2.45) is 5.92 Å². The fourth-order valence-electron chi connectivity index (χ4n) is 4.39. The first kappa shape index (κ1) is 18.5. The van der Waals surface area contributed by atoms with Crippen LogP contribution >= 0.6 is 12.2 Å². The van der Waals surface area contributed by atoms with Crippen molar-refractivity contribution < 1.29 is 13.9 Å². The third kappa shape index (κ3) is 4.35. The van der Waals surface area contributed by atoms with Gasteiger partial charge in [-0.1, -0.05) is 12.8 Å². The van der Waals surface area contributed by atoms with E-state index >= 15 is 0 Å². The van der Waals surface area contributed by atoms with Crippen LogP contribution in [0, 0.1) is 10.8 Å². The molecule has 2 aliphatic rings. The van der Waals surface area contributed by atoms with Crippen molar-refractivity contribution in [2.75, 3.05) is 13.7 Å². The highest BCUT2D eigenvalue weighted by Gasteiger charge is 2.33. The van der Waals surface area contributed by atoms with E-state index in [0.717, 1.165) is 24.0 Å². The Kier molecular flexibility index (Phi) is 5.78. The van der Waals surface area contributed by atoms with Crippen molar-refractivity contribution in [3.05, 3.63) is 35.0 Å². The lowest BCUT2D eigenvalue weighted by molar-refractivity contribution is 0.0317. The summed E-state index contributed by atoms with van der Waals surface area (Å²) < 4.78 is 18.4. The molecule has 1 saturated carbocycles. The lowest BCUT2D eigenvalue weighted by Gasteiger charge is -2.43. The zero-order valence-corrected chi connectivity index (χ0v) is 16.6. The molecule has 1 aliphatic heterocycles. The predicted molar refractivity (Wildman–Crippen MR) is 104 cm³/mol. The molecule has 1 aromatic carbocycles. The number of likely N-dealkylation sites (tertiary alicyclic amines) is 1. The molecule has 2 aromatic rings. The normalized spacial score (nSPS) is 23.0. The summed E-state index contributed by atoms with van der Waals surface area (Å²) in [6.07, 6.45) is 8.01. The number of hydrogen-bond donors (Lipinski definition) is 0. The summed E-state index contributed by atoms with van der Waals surface area (Å²) in [5.41, 5.74) is 0. The lowest BCUT2D eigenvalue weighted by atomic mass is 9.78. The molecule has 146 valence electrons. The van der Waals surface area contributed by atoms with E-state index in [2.05, 4.69) is 10.00 Å². The molecule has 6 nitrogen and oxygen atoms in total. The maximum Gasteiger partial charge on any atom is 0.288 e. The number of nitrogens with zero attached hydrogens (tertiary/aromatic N) is 3. The Bertz CT molecular complexity index is 800. The van der Waals surface area contributed by atoms with Gasteiger partial charge in [0.15, 0.2) is 6.61 Å². The van der Waals surface area contributed by atoms with Crippen molar-refractivity contribution in [3.8, 4) is 11.5 Å². The maximum atomic E-state index is 5.75. The van der Waals surface area contributed by atoms with Crippen LogP contribution in [0.25, 0.3) is 0 Å². The van der Waals surface area contributed by atoms with Gasteiger partial charge in [0.2, 0.25) is 0 Å². The van der Waals surface area contributed by atoms with E-state index in [-0.39, 0.29) is 6.61 Å². The minimum atomic E-state index is 0.259. The fourth-order valence-corrected chi connectivity index (χ4v) is 4.58. The molecule has 2 atom stereocenters. The minimum absolute atomic E-state index is 0.259. The van der Waals surface area contributed by atoms with Crippen LogP contribution in [-0.4, -0.2) is 34.4 Å². The number of ether oxygens (including phenoxy) is 2. The summed E-state index contributed by atoms with van der Waals surface area (Å²) in [6, 6.07) is 8.12. The quantitative estimate of drug-likeness (QED) is 0.683. The molecule has 1 aliphatic carbocycles. The Balaban J connectivity index is 1.38. The van der Waals surface area contributed by atoms with E-state index in [1.54, 1.807) is 11.8 Å². The molecule has 2 heterocycles. The SMILES string of the molecule is COc1ccc(OCc2nn(CN3CCCC4CCCCC43)c(=S)o2)cc1. The number of aromatic nitrogens is 2. The summed E-state index contributed by atoms with van der Waals surface area (Å²) >= 11 is 5.39. The Morgan fingerprint density at radius 1 is 1.11 bits per heavy atom. The van der Waals surface area contributed by atoms with Gasteiger partial charge in [-0.05, 0) is 68.1 Å². The Hall–Kier alpha value is -1.86. The molecule has 2 unspecified atom stereocenters. The monoisotopic (exact) mass is 389 g/mol. The van der Waals surface area contributed by atoms with Gasteiger partial charge in [0.1, 0.15) is 11.5 Å². The average molecular weight is 390 g/mol. The zero-order chi connectivity index (χ0) is 18.6. The van der Waals surface area contributed by atoms with Crippen LogP contribution in [0.15, 0.2) is 28.7 Å². The Morgan fingerprint density at radius 2 is 1.85 bits per heavy atom. The summed E-state index contributed by atoms with van der Waals surface area (Å²) in [5.74, 6) is 2.89. The molecule has 0 amide bonds. The second-order valence-electron chi connectivity index (χ2n) is 7.43. The molecular weight excluding hydrogens is 362 g/mol. The van der Waals surface area contributed by atoms with Crippen LogP contribution in [-0.2, 0) is 13.3 Å². The summed E-state index contributed by atoms with van der Waals surface area (Å²) in [7, 11) is 1.64. The number of rotatable bonds is 6. The highest BCUT2D eigenvalue weighted by atomic mass is 32.1. The molecule has 0 bridgehead atoms.